The van der Waals surface area contributed by atoms with Crippen molar-refractivity contribution < 1.29 is 27.2 Å². The molecule has 0 aliphatic rings. The second-order valence-corrected chi connectivity index (χ2v) is 14.7. The average molecular weight is 743 g/mol. The van der Waals surface area contributed by atoms with Crippen LogP contribution in [0.2, 0.25) is 5.02 Å². The van der Waals surface area contributed by atoms with Crippen LogP contribution in [0.15, 0.2) is 70.4 Å². The van der Waals surface area contributed by atoms with Gasteiger partial charge in [-0.15, -0.1) is 0 Å². The fraction of sp³-hybridized carbons (Fsp3) is 0.263. The molecule has 0 bridgehead atoms. The Hall–Kier alpha value is -5.40. The fourth-order valence-electron chi connectivity index (χ4n) is 6.23. The molecule has 3 N–H and O–H groups in total. The molecule has 0 spiro atoms. The van der Waals surface area contributed by atoms with Gasteiger partial charge in [0.25, 0.3) is 21.8 Å². The number of aryl methyl sites for hydroxylation is 5. The van der Waals surface area contributed by atoms with Gasteiger partial charge in [-0.25, -0.2) is 4.72 Å². The number of nitrogens with one attached hydrogen (secondary N) is 3. The molecule has 4 aromatic heterocycles. The molecular formula is C38H39ClN6O6S. The molecule has 0 radical (unpaired) electrons. The minimum Gasteiger partial charge on any atom is -0.494 e. The first kappa shape index (κ1) is 36.4. The molecule has 0 aliphatic heterocycles. The van der Waals surface area contributed by atoms with Crippen molar-refractivity contribution in [2.75, 3.05) is 6.61 Å². The number of sulfonamides is 1. The summed E-state index contributed by atoms with van der Waals surface area (Å²) in [6.07, 6.45) is 4.08. The number of benzene rings is 2. The highest BCUT2D eigenvalue weighted by atomic mass is 35.5. The molecule has 0 aliphatic carbocycles. The largest absolute Gasteiger partial charge is 0.494 e. The zero-order valence-electron chi connectivity index (χ0n) is 29.7. The Morgan fingerprint density at radius 3 is 2.35 bits per heavy atom. The normalized spacial score (nSPS) is 11.6. The van der Waals surface area contributed by atoms with E-state index in [1.807, 2.05) is 52.9 Å². The van der Waals surface area contributed by atoms with Crippen LogP contribution in [-0.2, 0) is 30.0 Å². The lowest BCUT2D eigenvalue weighted by atomic mass is 9.98. The molecule has 6 aromatic rings. The predicted octanol–water partition coefficient (Wildman–Crippen LogP) is 6.81. The quantitative estimate of drug-likeness (QED) is 0.115. The number of carbonyl (C=O) groups excluding carboxylic acids is 2. The molecular weight excluding hydrogens is 704 g/mol. The van der Waals surface area contributed by atoms with Gasteiger partial charge in [-0.05, 0) is 118 Å². The molecule has 270 valence electrons. The van der Waals surface area contributed by atoms with E-state index in [9.17, 15) is 18.0 Å². The van der Waals surface area contributed by atoms with Crippen molar-refractivity contribution in [1.29, 1.82) is 0 Å². The topological polar surface area (TPSA) is 161 Å². The summed E-state index contributed by atoms with van der Waals surface area (Å²) in [6, 6.07) is 13.4. The number of aromatic amines is 1. The third-order valence-corrected chi connectivity index (χ3v) is 10.8. The van der Waals surface area contributed by atoms with Crippen LogP contribution >= 0.6 is 11.6 Å². The van der Waals surface area contributed by atoms with E-state index in [-0.39, 0.29) is 18.0 Å². The molecule has 0 fully saturated rings. The SMILES string of the molecule is Cc1cc(OCCCc2c(C(=O)NS(=O)(=O)c3ccc(C(=O)NCc4ccncc4)o3)[nH]c3c(-c4c(C)nn(C)c4C)c(Cl)ccc23)cc(C)c1C. The monoisotopic (exact) mass is 742 g/mol. The zero-order valence-corrected chi connectivity index (χ0v) is 31.3. The molecule has 0 saturated heterocycles. The third kappa shape index (κ3) is 7.32. The van der Waals surface area contributed by atoms with E-state index in [0.29, 0.717) is 46.5 Å². The van der Waals surface area contributed by atoms with Gasteiger partial charge >= 0.3 is 0 Å². The van der Waals surface area contributed by atoms with Crippen LogP contribution < -0.4 is 14.8 Å². The third-order valence-electron chi connectivity index (χ3n) is 9.26. The summed E-state index contributed by atoms with van der Waals surface area (Å²) in [4.78, 5) is 33.8. The lowest BCUT2D eigenvalue weighted by Crippen LogP contribution is -2.31. The summed E-state index contributed by atoms with van der Waals surface area (Å²) in [5.41, 5.74) is 8.56. The number of fused-ring (bicyclic) bond motifs is 1. The van der Waals surface area contributed by atoms with Gasteiger partial charge in [0.15, 0.2) is 5.76 Å². The van der Waals surface area contributed by atoms with E-state index in [1.54, 1.807) is 35.3 Å². The second kappa shape index (κ2) is 14.7. The number of nitrogens with zero attached hydrogens (tertiary/aromatic N) is 3. The van der Waals surface area contributed by atoms with Gasteiger partial charge in [0.2, 0.25) is 5.09 Å². The van der Waals surface area contributed by atoms with Gasteiger partial charge in [0.05, 0.1) is 22.8 Å². The van der Waals surface area contributed by atoms with Gasteiger partial charge in [-0.1, -0.05) is 17.7 Å². The summed E-state index contributed by atoms with van der Waals surface area (Å²) in [5.74, 6) is -0.998. The van der Waals surface area contributed by atoms with Crippen LogP contribution in [0.3, 0.4) is 0 Å². The van der Waals surface area contributed by atoms with Crippen LogP contribution in [0, 0.1) is 34.6 Å². The summed E-state index contributed by atoms with van der Waals surface area (Å²) in [6.45, 7) is 10.5. The van der Waals surface area contributed by atoms with Gasteiger partial charge in [0, 0.05) is 48.2 Å². The van der Waals surface area contributed by atoms with Crippen molar-refractivity contribution >= 4 is 44.3 Å². The summed E-state index contributed by atoms with van der Waals surface area (Å²) < 4.78 is 42.3. The van der Waals surface area contributed by atoms with E-state index in [4.69, 9.17) is 20.8 Å². The lowest BCUT2D eigenvalue weighted by Gasteiger charge is -2.11. The molecule has 2 aromatic carbocycles. The van der Waals surface area contributed by atoms with Crippen LogP contribution in [0.5, 0.6) is 5.75 Å². The highest BCUT2D eigenvalue weighted by molar-refractivity contribution is 7.90. The van der Waals surface area contributed by atoms with Crippen molar-refractivity contribution in [2.24, 2.45) is 7.05 Å². The maximum atomic E-state index is 13.9. The molecule has 4 heterocycles. The Balaban J connectivity index is 1.29. The van der Waals surface area contributed by atoms with E-state index >= 15 is 0 Å². The van der Waals surface area contributed by atoms with Crippen molar-refractivity contribution in [2.45, 2.75) is 59.1 Å². The predicted molar refractivity (Wildman–Crippen MR) is 198 cm³/mol. The summed E-state index contributed by atoms with van der Waals surface area (Å²) in [5, 5.41) is 7.79. The Morgan fingerprint density at radius 2 is 1.67 bits per heavy atom. The fourth-order valence-corrected chi connectivity index (χ4v) is 7.37. The van der Waals surface area contributed by atoms with Gasteiger partial charge in [-0.3, -0.25) is 19.3 Å². The molecule has 0 unspecified atom stereocenters. The lowest BCUT2D eigenvalue weighted by molar-refractivity contribution is 0.0917. The minimum atomic E-state index is -4.53. The maximum absolute atomic E-state index is 13.9. The zero-order chi connectivity index (χ0) is 37.3. The van der Waals surface area contributed by atoms with E-state index < -0.39 is 26.9 Å². The van der Waals surface area contributed by atoms with Crippen molar-refractivity contribution in [3.8, 4) is 16.9 Å². The molecule has 0 saturated carbocycles. The standard InChI is InChI=1S/C38H39ClN6O6S/c1-21-18-27(19-22(2)23(21)3)50-17-7-8-28-29-9-10-30(39)34(33-24(4)43-45(6)25(33)5)35(29)42-36(28)38(47)44-52(48,49)32-12-11-31(51-32)37(46)41-20-26-13-15-40-16-14-26/h9-16,18-19,42H,7-8,17,20H2,1-6H3,(H,41,46)(H,44,47). The number of halogens is 1. The van der Waals surface area contributed by atoms with Crippen molar-refractivity contribution in [1.82, 2.24) is 29.8 Å². The molecule has 2 amide bonds. The number of aromatic nitrogens is 4. The number of ether oxygens (including phenoxy) is 1. The van der Waals surface area contributed by atoms with Crippen LogP contribution in [0.4, 0.5) is 0 Å². The Bertz CT molecular complexity index is 2410. The highest BCUT2D eigenvalue weighted by Crippen LogP contribution is 2.40. The van der Waals surface area contributed by atoms with E-state index in [1.165, 1.54) is 11.6 Å². The number of pyridine rings is 1. The van der Waals surface area contributed by atoms with E-state index in [0.717, 1.165) is 45.5 Å². The highest BCUT2D eigenvalue weighted by Gasteiger charge is 2.29. The Labute approximate surface area is 306 Å². The Morgan fingerprint density at radius 1 is 0.962 bits per heavy atom. The second-order valence-electron chi connectivity index (χ2n) is 12.7. The summed E-state index contributed by atoms with van der Waals surface area (Å²) >= 11 is 6.81. The number of furan rings is 1. The number of rotatable bonds is 12. The van der Waals surface area contributed by atoms with Crippen molar-refractivity contribution in [3.05, 3.63) is 117 Å². The van der Waals surface area contributed by atoms with Gasteiger partial charge in [0.1, 0.15) is 11.4 Å². The minimum absolute atomic E-state index is 0.0465. The first-order valence-corrected chi connectivity index (χ1v) is 18.5. The molecule has 14 heteroatoms. The van der Waals surface area contributed by atoms with Crippen molar-refractivity contribution in [3.63, 3.8) is 0 Å². The smallest absolute Gasteiger partial charge is 0.297 e. The summed E-state index contributed by atoms with van der Waals surface area (Å²) in [7, 11) is -2.69. The first-order valence-electron chi connectivity index (χ1n) is 16.6. The number of hydrogen-bond acceptors (Lipinski definition) is 8. The van der Waals surface area contributed by atoms with Crippen LogP contribution in [-0.4, -0.2) is 46.6 Å². The maximum Gasteiger partial charge on any atom is 0.297 e. The molecule has 52 heavy (non-hydrogen) atoms. The molecule has 0 atom stereocenters. The molecule has 12 nitrogen and oxygen atoms in total. The van der Waals surface area contributed by atoms with Gasteiger partial charge < -0.3 is 19.5 Å². The number of carbonyl (C=O) groups is 2. The van der Waals surface area contributed by atoms with Crippen LogP contribution in [0.1, 0.15) is 66.7 Å². The number of H-pyrrole nitrogens is 1. The number of hydrogen-bond donors (Lipinski definition) is 3. The Kier molecular flexibility index (Phi) is 10.3. The van der Waals surface area contributed by atoms with Gasteiger partial charge in [-0.2, -0.15) is 13.5 Å². The van der Waals surface area contributed by atoms with E-state index in [2.05, 4.69) is 32.0 Å². The number of amides is 2. The van der Waals surface area contributed by atoms with Crippen LogP contribution in [0.25, 0.3) is 22.0 Å². The average Bonchev–Trinajstić information content (AvgIpc) is 3.82. The molecule has 6 rings (SSSR count). The first-order chi connectivity index (χ1) is 24.7.